The van der Waals surface area contributed by atoms with Crippen LogP contribution in [0.3, 0.4) is 0 Å². The van der Waals surface area contributed by atoms with Gasteiger partial charge in [0.15, 0.2) is 0 Å². The number of anilines is 2. The quantitative estimate of drug-likeness (QED) is 0.927. The van der Waals surface area contributed by atoms with Crippen LogP contribution in [0.2, 0.25) is 0 Å². The third-order valence-electron chi connectivity index (χ3n) is 3.86. The summed E-state index contributed by atoms with van der Waals surface area (Å²) in [6.07, 6.45) is 3.77. The summed E-state index contributed by atoms with van der Waals surface area (Å²) in [4.78, 5) is 11.8. The summed E-state index contributed by atoms with van der Waals surface area (Å²) >= 11 is 0. The molecule has 0 amide bonds. The molecular formula is C18H24N4. The van der Waals surface area contributed by atoms with Crippen LogP contribution in [0.15, 0.2) is 36.4 Å². The summed E-state index contributed by atoms with van der Waals surface area (Å²) in [5.41, 5.74) is 2.12. The predicted octanol–water partition coefficient (Wildman–Crippen LogP) is 3.95. The van der Waals surface area contributed by atoms with Crippen molar-refractivity contribution in [1.82, 2.24) is 9.97 Å². The molecule has 0 spiro atoms. The monoisotopic (exact) mass is 296 g/mol. The molecule has 0 atom stereocenters. The van der Waals surface area contributed by atoms with Crippen LogP contribution in [0.5, 0.6) is 0 Å². The van der Waals surface area contributed by atoms with Crippen molar-refractivity contribution in [2.45, 2.75) is 39.2 Å². The number of nitrogens with zero attached hydrogens (tertiary/aromatic N) is 3. The lowest BCUT2D eigenvalue weighted by atomic mass is 10.1. The van der Waals surface area contributed by atoms with E-state index in [4.69, 9.17) is 9.97 Å². The fraction of sp³-hybridized carbons (Fsp3) is 0.444. The Morgan fingerprint density at radius 2 is 1.73 bits per heavy atom. The van der Waals surface area contributed by atoms with Gasteiger partial charge in [0, 0.05) is 30.8 Å². The van der Waals surface area contributed by atoms with Crippen LogP contribution in [0.25, 0.3) is 11.3 Å². The topological polar surface area (TPSA) is 41.1 Å². The number of piperidine rings is 1. The highest BCUT2D eigenvalue weighted by Crippen LogP contribution is 2.24. The summed E-state index contributed by atoms with van der Waals surface area (Å²) in [6, 6.07) is 12.7. The standard InChI is InChI=1S/C18H24N4/c1-14(2)19-17-13-16(15-9-5-3-6-10-15)20-18(21-17)22-11-7-4-8-12-22/h3,5-6,9-10,13-14H,4,7-8,11-12H2,1-2H3,(H,19,20,21). The molecule has 1 saturated heterocycles. The minimum atomic E-state index is 0.354. The SMILES string of the molecule is CC(C)Nc1cc(-c2ccccc2)nc(N2CCCCC2)n1. The van der Waals surface area contributed by atoms with E-state index < -0.39 is 0 Å². The van der Waals surface area contributed by atoms with Gasteiger partial charge in [0.25, 0.3) is 0 Å². The number of nitrogens with one attached hydrogen (secondary N) is 1. The van der Waals surface area contributed by atoms with Crippen LogP contribution in [0.4, 0.5) is 11.8 Å². The molecule has 0 saturated carbocycles. The van der Waals surface area contributed by atoms with E-state index in [1.807, 2.05) is 24.3 Å². The van der Waals surface area contributed by atoms with Gasteiger partial charge in [-0.05, 0) is 33.1 Å². The molecule has 1 aromatic heterocycles. The summed E-state index contributed by atoms with van der Waals surface area (Å²) in [5, 5.41) is 3.42. The maximum Gasteiger partial charge on any atom is 0.227 e. The smallest absolute Gasteiger partial charge is 0.227 e. The number of hydrogen-bond acceptors (Lipinski definition) is 4. The highest BCUT2D eigenvalue weighted by atomic mass is 15.3. The summed E-state index contributed by atoms with van der Waals surface area (Å²) in [7, 11) is 0. The maximum absolute atomic E-state index is 4.81. The number of hydrogen-bond donors (Lipinski definition) is 1. The molecule has 2 heterocycles. The molecule has 4 nitrogen and oxygen atoms in total. The van der Waals surface area contributed by atoms with Gasteiger partial charge in [0.05, 0.1) is 5.69 Å². The Balaban J connectivity index is 1.97. The Morgan fingerprint density at radius 3 is 2.41 bits per heavy atom. The first-order chi connectivity index (χ1) is 10.7. The summed E-state index contributed by atoms with van der Waals surface area (Å²) < 4.78 is 0. The summed E-state index contributed by atoms with van der Waals surface area (Å²) in [6.45, 7) is 6.37. The van der Waals surface area contributed by atoms with Gasteiger partial charge >= 0.3 is 0 Å². The average molecular weight is 296 g/mol. The third-order valence-corrected chi connectivity index (χ3v) is 3.86. The molecule has 0 unspecified atom stereocenters. The van der Waals surface area contributed by atoms with E-state index in [-0.39, 0.29) is 0 Å². The van der Waals surface area contributed by atoms with E-state index >= 15 is 0 Å². The van der Waals surface area contributed by atoms with Crippen LogP contribution in [0, 0.1) is 0 Å². The van der Waals surface area contributed by atoms with Gasteiger partial charge in [0.1, 0.15) is 5.82 Å². The van der Waals surface area contributed by atoms with Crippen molar-refractivity contribution in [3.63, 3.8) is 0 Å². The first-order valence-electron chi connectivity index (χ1n) is 8.18. The van der Waals surface area contributed by atoms with Crippen LogP contribution >= 0.6 is 0 Å². The molecule has 0 bridgehead atoms. The Bertz CT molecular complexity index is 604. The third kappa shape index (κ3) is 3.56. The zero-order valence-corrected chi connectivity index (χ0v) is 13.4. The molecule has 22 heavy (non-hydrogen) atoms. The molecule has 2 aromatic rings. The Kier molecular flexibility index (Phi) is 4.56. The lowest BCUT2D eigenvalue weighted by Crippen LogP contribution is -2.31. The van der Waals surface area contributed by atoms with Crippen molar-refractivity contribution in [2.75, 3.05) is 23.3 Å². The van der Waals surface area contributed by atoms with E-state index in [0.29, 0.717) is 6.04 Å². The average Bonchev–Trinajstić information content (AvgIpc) is 2.55. The van der Waals surface area contributed by atoms with E-state index in [0.717, 1.165) is 36.1 Å². The van der Waals surface area contributed by atoms with Crippen LogP contribution in [0.1, 0.15) is 33.1 Å². The zero-order valence-electron chi connectivity index (χ0n) is 13.4. The number of rotatable bonds is 4. The largest absolute Gasteiger partial charge is 0.368 e. The van der Waals surface area contributed by atoms with Gasteiger partial charge in [-0.25, -0.2) is 4.98 Å². The molecule has 1 N–H and O–H groups in total. The minimum absolute atomic E-state index is 0.354. The highest BCUT2D eigenvalue weighted by molar-refractivity contribution is 5.64. The van der Waals surface area contributed by atoms with E-state index in [1.165, 1.54) is 19.3 Å². The molecule has 1 aliphatic heterocycles. The van der Waals surface area contributed by atoms with E-state index in [2.05, 4.69) is 36.2 Å². The van der Waals surface area contributed by atoms with Crippen LogP contribution in [-0.4, -0.2) is 29.1 Å². The molecule has 116 valence electrons. The van der Waals surface area contributed by atoms with Gasteiger partial charge in [-0.1, -0.05) is 30.3 Å². The normalized spacial score (nSPS) is 15.1. The molecule has 0 radical (unpaired) electrons. The Hall–Kier alpha value is -2.10. The fourth-order valence-corrected chi connectivity index (χ4v) is 2.80. The van der Waals surface area contributed by atoms with Crippen molar-refractivity contribution < 1.29 is 0 Å². The second-order valence-electron chi connectivity index (χ2n) is 6.15. The maximum atomic E-state index is 4.81. The second-order valence-corrected chi connectivity index (χ2v) is 6.15. The van der Waals surface area contributed by atoms with E-state index in [1.54, 1.807) is 0 Å². The number of benzene rings is 1. The van der Waals surface area contributed by atoms with Gasteiger partial charge in [-0.3, -0.25) is 0 Å². The van der Waals surface area contributed by atoms with Crippen molar-refractivity contribution >= 4 is 11.8 Å². The fourth-order valence-electron chi connectivity index (χ4n) is 2.80. The highest BCUT2D eigenvalue weighted by Gasteiger charge is 2.16. The molecular weight excluding hydrogens is 272 g/mol. The van der Waals surface area contributed by atoms with E-state index in [9.17, 15) is 0 Å². The lowest BCUT2D eigenvalue weighted by Gasteiger charge is -2.27. The van der Waals surface area contributed by atoms with Gasteiger partial charge < -0.3 is 10.2 Å². The second kappa shape index (κ2) is 6.77. The van der Waals surface area contributed by atoms with Gasteiger partial charge in [0.2, 0.25) is 5.95 Å². The Labute approximate surface area is 132 Å². The van der Waals surface area contributed by atoms with Gasteiger partial charge in [-0.15, -0.1) is 0 Å². The lowest BCUT2D eigenvalue weighted by molar-refractivity contribution is 0.568. The van der Waals surface area contributed by atoms with Crippen molar-refractivity contribution in [2.24, 2.45) is 0 Å². The first-order valence-corrected chi connectivity index (χ1v) is 8.18. The predicted molar refractivity (Wildman–Crippen MR) is 92.3 cm³/mol. The molecule has 1 aliphatic rings. The van der Waals surface area contributed by atoms with Crippen molar-refractivity contribution in [3.05, 3.63) is 36.4 Å². The van der Waals surface area contributed by atoms with Crippen LogP contribution in [-0.2, 0) is 0 Å². The molecule has 0 aliphatic carbocycles. The molecule has 1 aromatic carbocycles. The summed E-state index contributed by atoms with van der Waals surface area (Å²) in [5.74, 6) is 1.76. The number of aromatic nitrogens is 2. The zero-order chi connectivity index (χ0) is 15.4. The molecule has 1 fully saturated rings. The minimum Gasteiger partial charge on any atom is -0.368 e. The Morgan fingerprint density at radius 1 is 1.00 bits per heavy atom. The molecule has 3 rings (SSSR count). The van der Waals surface area contributed by atoms with Gasteiger partial charge in [-0.2, -0.15) is 4.98 Å². The van der Waals surface area contributed by atoms with Crippen LogP contribution < -0.4 is 10.2 Å². The molecule has 4 heteroatoms. The first kappa shape index (κ1) is 14.8. The van der Waals surface area contributed by atoms with Crippen molar-refractivity contribution in [1.29, 1.82) is 0 Å². The van der Waals surface area contributed by atoms with Crippen molar-refractivity contribution in [3.8, 4) is 11.3 Å².